The molecule has 12 rings (SSSR count). The zero-order chi connectivity index (χ0) is 46.1. The van der Waals surface area contributed by atoms with Crippen LogP contribution in [0.5, 0.6) is 0 Å². The molecule has 1 aliphatic rings. The number of hydrogen-bond donors (Lipinski definition) is 2. The van der Waals surface area contributed by atoms with E-state index in [0.29, 0.717) is 0 Å². The third kappa shape index (κ3) is 7.99. The fraction of sp³-hybridized carbons (Fsp3) is 0.0154. The zero-order valence-electron chi connectivity index (χ0n) is 37.8. The molecular weight excluding hydrogens is 837 g/mol. The van der Waals surface area contributed by atoms with Gasteiger partial charge >= 0.3 is 0 Å². The molecule has 11 aromatic rings. The number of nitrogens with two attached hydrogens (primary N) is 1. The number of nitrogens with zero attached hydrogens (tertiary/aromatic N) is 2. The Hall–Kier alpha value is -8.96. The molecule has 4 heteroatoms. The predicted molar refractivity (Wildman–Crippen MR) is 294 cm³/mol. The van der Waals surface area contributed by atoms with Crippen LogP contribution >= 0.6 is 0 Å². The number of hydrazone groups is 1. The van der Waals surface area contributed by atoms with Crippen LogP contribution < -0.4 is 11.2 Å². The second-order valence-corrected chi connectivity index (χ2v) is 17.6. The summed E-state index contributed by atoms with van der Waals surface area (Å²) >= 11 is 0. The van der Waals surface area contributed by atoms with Crippen LogP contribution in [0.4, 0.5) is 5.69 Å². The molecule has 0 fully saturated rings. The first kappa shape index (κ1) is 41.5. The molecule has 1 unspecified atom stereocenters. The van der Waals surface area contributed by atoms with Gasteiger partial charge in [-0.25, -0.2) is 0 Å². The molecule has 1 atom stereocenters. The third-order valence-corrected chi connectivity index (χ3v) is 13.4. The quantitative estimate of drug-likeness (QED) is 0.124. The van der Waals surface area contributed by atoms with E-state index in [1.165, 1.54) is 65.3 Å². The molecule has 4 nitrogen and oxygen atoms in total. The molecule has 1 heterocycles. The minimum Gasteiger partial charge on any atom is -0.319 e. The first-order chi connectivity index (χ1) is 34.1. The first-order valence-corrected chi connectivity index (χ1v) is 23.5. The van der Waals surface area contributed by atoms with Gasteiger partial charge in [0.2, 0.25) is 0 Å². The molecule has 0 bridgehead atoms. The summed E-state index contributed by atoms with van der Waals surface area (Å²) in [6.07, 6.45) is 10.0. The summed E-state index contributed by atoms with van der Waals surface area (Å²) in [7, 11) is 0. The first-order valence-electron chi connectivity index (χ1n) is 23.5. The minimum absolute atomic E-state index is 0.412. The highest BCUT2D eigenvalue weighted by atomic mass is 15.3. The third-order valence-electron chi connectivity index (χ3n) is 13.4. The maximum absolute atomic E-state index is 6.92. The van der Waals surface area contributed by atoms with Gasteiger partial charge in [0.15, 0.2) is 0 Å². The maximum Gasteiger partial charge on any atom is 0.0814 e. The lowest BCUT2D eigenvalue weighted by Crippen LogP contribution is -2.29. The van der Waals surface area contributed by atoms with E-state index < -0.39 is 6.04 Å². The molecule has 69 heavy (non-hydrogen) atoms. The molecular formula is C65H46N4. The lowest BCUT2D eigenvalue weighted by atomic mass is 9.83. The summed E-state index contributed by atoms with van der Waals surface area (Å²) in [5, 5.41) is 16.9. The van der Waals surface area contributed by atoms with Crippen LogP contribution in [0.15, 0.2) is 260 Å². The molecule has 0 aliphatic heterocycles. The van der Waals surface area contributed by atoms with Gasteiger partial charge in [0.05, 0.1) is 17.4 Å². The Morgan fingerprint density at radius 2 is 0.913 bits per heavy atom. The average molecular weight is 883 g/mol. The van der Waals surface area contributed by atoms with Crippen molar-refractivity contribution in [1.82, 2.24) is 4.98 Å². The van der Waals surface area contributed by atoms with Crippen molar-refractivity contribution < 1.29 is 0 Å². The lowest BCUT2D eigenvalue weighted by Gasteiger charge is -2.20. The highest BCUT2D eigenvalue weighted by Crippen LogP contribution is 2.45. The number of anilines is 1. The predicted octanol–water partition coefficient (Wildman–Crippen LogP) is 16.4. The van der Waals surface area contributed by atoms with Gasteiger partial charge in [-0.2, -0.15) is 5.10 Å². The summed E-state index contributed by atoms with van der Waals surface area (Å²) in [5.74, 6) is 0. The van der Waals surface area contributed by atoms with Crippen LogP contribution in [0, 0.1) is 0 Å². The van der Waals surface area contributed by atoms with Crippen LogP contribution in [-0.4, -0.2) is 16.7 Å². The number of aromatic nitrogens is 1. The van der Waals surface area contributed by atoms with E-state index in [2.05, 4.69) is 241 Å². The second kappa shape index (κ2) is 18.0. The largest absolute Gasteiger partial charge is 0.319 e. The standard InChI is InChI=1S/C65H46N4/c66-62-41-49(32-36-63(62)69-68-53-33-29-45(30-34-53)54-19-3-1-2-4-20-55(52-18-13-37-67-42-52)57-22-10-9-21-56(54)57)48-31-35-60-61(40-48)65(51-28-26-44-15-6-8-17-47(44)39-51)59-24-12-11-23-58(59)64(60)50-27-25-43-14-5-7-16-46(43)38-50/h1-42,62,68H,66H2/b2-1?,3-1?,4-2?,19-3?,20-4?,54-19?,55-20?,56-54?,57-55?,69-63-. The average Bonchev–Trinajstić information content (AvgIpc) is 3.41. The summed E-state index contributed by atoms with van der Waals surface area (Å²) < 4.78 is 0. The summed E-state index contributed by atoms with van der Waals surface area (Å²) in [4.78, 5) is 4.42. The van der Waals surface area contributed by atoms with Gasteiger partial charge in [-0.1, -0.05) is 200 Å². The SMILES string of the molecule is NC1C=C(c2ccc3c(-c4ccc5ccccc5c4)c4ccccc4c(-c4ccc5ccccc5c4)c3c2)C=C/C1=N/Nc1ccc(-c2ccccccc(-c3cccnc3)c3ccccc23)cc1. The number of rotatable bonds is 7. The minimum atomic E-state index is -0.412. The molecule has 0 spiro atoms. The van der Waals surface area contributed by atoms with Crippen molar-refractivity contribution in [1.29, 1.82) is 0 Å². The summed E-state index contributed by atoms with van der Waals surface area (Å²) in [6, 6.07) is 80.0. The monoisotopic (exact) mass is 882 g/mol. The zero-order valence-corrected chi connectivity index (χ0v) is 37.8. The molecule has 10 aromatic carbocycles. The van der Waals surface area contributed by atoms with Gasteiger partial charge in [0, 0.05) is 18.0 Å². The van der Waals surface area contributed by atoms with E-state index in [1.54, 1.807) is 0 Å². The van der Waals surface area contributed by atoms with Crippen LogP contribution in [0.2, 0.25) is 0 Å². The summed E-state index contributed by atoms with van der Waals surface area (Å²) in [5.41, 5.74) is 23.3. The smallest absolute Gasteiger partial charge is 0.0814 e. The topological polar surface area (TPSA) is 63.3 Å². The van der Waals surface area contributed by atoms with E-state index >= 15 is 0 Å². The molecule has 0 amide bonds. The highest BCUT2D eigenvalue weighted by Gasteiger charge is 2.20. The molecule has 3 N–H and O–H groups in total. The van der Waals surface area contributed by atoms with Crippen molar-refractivity contribution >= 4 is 70.8 Å². The number of fused-ring (bicyclic) bond motifs is 5. The fourth-order valence-corrected chi connectivity index (χ4v) is 10.0. The summed E-state index contributed by atoms with van der Waals surface area (Å²) in [6.45, 7) is 0. The van der Waals surface area contributed by atoms with Crippen LogP contribution in [0.1, 0.15) is 5.56 Å². The van der Waals surface area contributed by atoms with E-state index in [4.69, 9.17) is 10.8 Å². The van der Waals surface area contributed by atoms with Crippen molar-refractivity contribution in [3.8, 4) is 44.5 Å². The van der Waals surface area contributed by atoms with Crippen molar-refractivity contribution in [2.45, 2.75) is 6.04 Å². The van der Waals surface area contributed by atoms with Gasteiger partial charge in [0.1, 0.15) is 0 Å². The van der Waals surface area contributed by atoms with Gasteiger partial charge in [-0.3, -0.25) is 10.4 Å². The van der Waals surface area contributed by atoms with Crippen molar-refractivity contribution in [3.63, 3.8) is 0 Å². The Balaban J connectivity index is 0.889. The van der Waals surface area contributed by atoms with Crippen molar-refractivity contribution in [3.05, 3.63) is 261 Å². The fourth-order valence-electron chi connectivity index (χ4n) is 10.0. The lowest BCUT2D eigenvalue weighted by molar-refractivity contribution is 1.07. The van der Waals surface area contributed by atoms with Crippen LogP contribution in [0.25, 0.3) is 104 Å². The number of pyridine rings is 1. The van der Waals surface area contributed by atoms with E-state index in [9.17, 15) is 0 Å². The van der Waals surface area contributed by atoms with Gasteiger partial charge in [-0.15, -0.1) is 0 Å². The van der Waals surface area contributed by atoms with E-state index in [-0.39, 0.29) is 0 Å². The van der Waals surface area contributed by atoms with E-state index in [1.807, 2.05) is 24.5 Å². The molecule has 0 saturated carbocycles. The number of hydrogen-bond acceptors (Lipinski definition) is 4. The number of nitrogens with one attached hydrogen (secondary N) is 1. The normalized spacial score (nSPS) is 14.1. The second-order valence-electron chi connectivity index (χ2n) is 17.6. The Bertz CT molecular complexity index is 3940. The number of allylic oxidation sites excluding steroid dienone is 2. The van der Waals surface area contributed by atoms with Gasteiger partial charge in [0.25, 0.3) is 0 Å². The van der Waals surface area contributed by atoms with Crippen LogP contribution in [-0.2, 0) is 0 Å². The molecule has 0 saturated heterocycles. The Kier molecular flexibility index (Phi) is 10.8. The van der Waals surface area contributed by atoms with Crippen LogP contribution in [0.3, 0.4) is 0 Å². The van der Waals surface area contributed by atoms with E-state index in [0.717, 1.165) is 55.6 Å². The molecule has 326 valence electrons. The Morgan fingerprint density at radius 1 is 0.391 bits per heavy atom. The molecule has 0 radical (unpaired) electrons. The molecule has 1 aromatic heterocycles. The maximum atomic E-state index is 6.92. The van der Waals surface area contributed by atoms with Crippen molar-refractivity contribution in [2.24, 2.45) is 10.8 Å². The Labute approximate surface area is 401 Å². The molecule has 1 aliphatic carbocycles. The van der Waals surface area contributed by atoms with Gasteiger partial charge < -0.3 is 5.73 Å². The number of benzene rings is 9. The van der Waals surface area contributed by atoms with Crippen molar-refractivity contribution in [2.75, 3.05) is 5.43 Å². The highest BCUT2D eigenvalue weighted by molar-refractivity contribution is 6.22. The van der Waals surface area contributed by atoms with Gasteiger partial charge in [-0.05, 0) is 146 Å². The Morgan fingerprint density at radius 3 is 1.52 bits per heavy atom.